The van der Waals surface area contributed by atoms with Crippen LogP contribution in [0.5, 0.6) is 0 Å². The third-order valence-electron chi connectivity index (χ3n) is 2.31. The number of nitrogens with zero attached hydrogens (tertiary/aromatic N) is 1. The quantitative estimate of drug-likeness (QED) is 0.665. The second kappa shape index (κ2) is 7.16. The van der Waals surface area contributed by atoms with Crippen molar-refractivity contribution in [3.05, 3.63) is 30.3 Å². The summed E-state index contributed by atoms with van der Waals surface area (Å²) in [4.78, 5) is 22.5. The molecular formula is C12H18N4O2. The molecule has 0 bridgehead atoms. The molecule has 3 amide bonds. The van der Waals surface area contributed by atoms with Crippen LogP contribution < -0.4 is 21.1 Å². The number of hydrogen-bond donors (Lipinski definition) is 3. The number of hydrogen-bond acceptors (Lipinski definition) is 3. The zero-order chi connectivity index (χ0) is 13.4. The molecule has 1 rings (SSSR count). The van der Waals surface area contributed by atoms with Gasteiger partial charge >= 0.3 is 6.03 Å². The van der Waals surface area contributed by atoms with Crippen LogP contribution in [-0.2, 0) is 4.79 Å². The van der Waals surface area contributed by atoms with E-state index in [0.29, 0.717) is 6.54 Å². The van der Waals surface area contributed by atoms with Crippen LogP contribution >= 0.6 is 0 Å². The lowest BCUT2D eigenvalue weighted by atomic mass is 10.3. The highest BCUT2D eigenvalue weighted by Gasteiger charge is 2.08. The zero-order valence-corrected chi connectivity index (χ0v) is 10.6. The highest BCUT2D eigenvalue weighted by molar-refractivity contribution is 5.84. The van der Waals surface area contributed by atoms with Crippen LogP contribution in [0, 0.1) is 0 Å². The molecule has 0 aliphatic heterocycles. The van der Waals surface area contributed by atoms with Crippen molar-refractivity contribution in [2.24, 2.45) is 0 Å². The number of urea groups is 1. The fourth-order valence-electron chi connectivity index (χ4n) is 1.35. The molecule has 0 spiro atoms. The summed E-state index contributed by atoms with van der Waals surface area (Å²) in [7, 11) is 1.52. The van der Waals surface area contributed by atoms with E-state index in [1.165, 1.54) is 7.05 Å². The number of hydrazine groups is 1. The molecule has 0 saturated carbocycles. The van der Waals surface area contributed by atoms with E-state index in [4.69, 9.17) is 0 Å². The molecule has 0 atom stereocenters. The molecule has 0 aliphatic carbocycles. The minimum Gasteiger partial charge on any atom is -0.358 e. The van der Waals surface area contributed by atoms with Gasteiger partial charge in [-0.15, -0.1) is 0 Å². The first-order chi connectivity index (χ1) is 8.67. The van der Waals surface area contributed by atoms with Crippen molar-refractivity contribution < 1.29 is 9.59 Å². The normalized spacial score (nSPS) is 9.44. The maximum absolute atomic E-state index is 11.6. The lowest BCUT2D eigenvalue weighted by molar-refractivity contribution is -0.119. The van der Waals surface area contributed by atoms with Crippen molar-refractivity contribution in [2.45, 2.75) is 6.92 Å². The number of rotatable bonds is 5. The Hall–Kier alpha value is -2.24. The van der Waals surface area contributed by atoms with E-state index >= 15 is 0 Å². The first kappa shape index (κ1) is 13.8. The van der Waals surface area contributed by atoms with Gasteiger partial charge in [0, 0.05) is 13.6 Å². The average molecular weight is 250 g/mol. The smallest absolute Gasteiger partial charge is 0.334 e. The summed E-state index contributed by atoms with van der Waals surface area (Å²) >= 11 is 0. The van der Waals surface area contributed by atoms with Crippen LogP contribution in [0.15, 0.2) is 30.3 Å². The molecule has 1 aromatic rings. The van der Waals surface area contributed by atoms with Crippen molar-refractivity contribution in [1.29, 1.82) is 0 Å². The molecule has 0 aliphatic rings. The van der Waals surface area contributed by atoms with E-state index in [1.54, 1.807) is 5.01 Å². The Kier molecular flexibility index (Phi) is 5.50. The van der Waals surface area contributed by atoms with E-state index in [0.717, 1.165) is 5.69 Å². The van der Waals surface area contributed by atoms with Crippen molar-refractivity contribution in [3.63, 3.8) is 0 Å². The number of benzene rings is 1. The van der Waals surface area contributed by atoms with Gasteiger partial charge < -0.3 is 10.6 Å². The van der Waals surface area contributed by atoms with Crippen molar-refractivity contribution in [2.75, 3.05) is 25.1 Å². The van der Waals surface area contributed by atoms with Crippen molar-refractivity contribution in [1.82, 2.24) is 16.1 Å². The van der Waals surface area contributed by atoms with E-state index in [-0.39, 0.29) is 12.5 Å². The first-order valence-corrected chi connectivity index (χ1v) is 5.75. The summed E-state index contributed by atoms with van der Waals surface area (Å²) in [6.07, 6.45) is 0. The second-order valence-electron chi connectivity index (χ2n) is 3.55. The molecule has 0 radical (unpaired) electrons. The minimum absolute atomic E-state index is 0.0469. The largest absolute Gasteiger partial charge is 0.358 e. The molecular weight excluding hydrogens is 232 g/mol. The molecule has 0 fully saturated rings. The standard InChI is InChI=1S/C12H18N4O2/c1-3-16(10-7-5-4-6-8-10)15-12(18)14-9-11(17)13-2/h4-8H,3,9H2,1-2H3,(H,13,17)(H2,14,15,18). The predicted molar refractivity (Wildman–Crippen MR) is 70.1 cm³/mol. The van der Waals surface area contributed by atoms with E-state index in [1.807, 2.05) is 37.3 Å². The maximum atomic E-state index is 11.6. The van der Waals surface area contributed by atoms with Crippen LogP contribution in [-0.4, -0.2) is 32.1 Å². The summed E-state index contributed by atoms with van der Waals surface area (Å²) < 4.78 is 0. The summed E-state index contributed by atoms with van der Waals surface area (Å²) in [5.41, 5.74) is 3.55. The Morgan fingerprint density at radius 3 is 2.44 bits per heavy atom. The molecule has 0 saturated heterocycles. The third kappa shape index (κ3) is 4.32. The Morgan fingerprint density at radius 1 is 1.22 bits per heavy atom. The first-order valence-electron chi connectivity index (χ1n) is 5.75. The number of carbonyl (C=O) groups excluding carboxylic acids is 2. The molecule has 3 N–H and O–H groups in total. The maximum Gasteiger partial charge on any atom is 0.334 e. The van der Waals surface area contributed by atoms with Crippen molar-refractivity contribution >= 4 is 17.6 Å². The van der Waals surface area contributed by atoms with Gasteiger partial charge in [0.1, 0.15) is 0 Å². The number of amides is 3. The van der Waals surface area contributed by atoms with Gasteiger partial charge in [-0.05, 0) is 19.1 Å². The fraction of sp³-hybridized carbons (Fsp3) is 0.333. The highest BCUT2D eigenvalue weighted by atomic mass is 16.2. The van der Waals surface area contributed by atoms with Crippen molar-refractivity contribution in [3.8, 4) is 0 Å². The number of anilines is 1. The molecule has 0 aromatic heterocycles. The van der Waals surface area contributed by atoms with Crippen LogP contribution in [0.2, 0.25) is 0 Å². The van der Waals surface area contributed by atoms with Crippen LogP contribution in [0.25, 0.3) is 0 Å². The molecule has 1 aromatic carbocycles. The van der Waals surface area contributed by atoms with E-state index in [2.05, 4.69) is 16.1 Å². The zero-order valence-electron chi connectivity index (χ0n) is 10.6. The van der Waals surface area contributed by atoms with Gasteiger partial charge in [-0.2, -0.15) is 0 Å². The molecule has 0 heterocycles. The van der Waals surface area contributed by atoms with E-state index in [9.17, 15) is 9.59 Å². The number of para-hydroxylation sites is 1. The van der Waals surface area contributed by atoms with Gasteiger partial charge in [-0.1, -0.05) is 18.2 Å². The van der Waals surface area contributed by atoms with Gasteiger partial charge in [-0.3, -0.25) is 9.80 Å². The summed E-state index contributed by atoms with van der Waals surface area (Å²) in [6.45, 7) is 2.50. The Morgan fingerprint density at radius 2 is 1.89 bits per heavy atom. The molecule has 6 nitrogen and oxygen atoms in total. The molecule has 0 unspecified atom stereocenters. The lowest BCUT2D eigenvalue weighted by Crippen LogP contribution is -2.49. The predicted octanol–water partition coefficient (Wildman–Crippen LogP) is 0.473. The number of likely N-dealkylation sites (N-methyl/N-ethyl adjacent to an activating group) is 1. The molecule has 6 heteroatoms. The van der Waals surface area contributed by atoms with Gasteiger partial charge in [0.05, 0.1) is 12.2 Å². The van der Waals surface area contributed by atoms with E-state index < -0.39 is 6.03 Å². The van der Waals surface area contributed by atoms with Gasteiger partial charge in [0.25, 0.3) is 0 Å². The van der Waals surface area contributed by atoms with Crippen LogP contribution in [0.3, 0.4) is 0 Å². The average Bonchev–Trinajstić information content (AvgIpc) is 2.43. The third-order valence-corrected chi connectivity index (χ3v) is 2.31. The van der Waals surface area contributed by atoms with Gasteiger partial charge in [0.2, 0.25) is 5.91 Å². The molecule has 18 heavy (non-hydrogen) atoms. The Bertz CT molecular complexity index is 394. The number of nitrogens with one attached hydrogen (secondary N) is 3. The summed E-state index contributed by atoms with van der Waals surface area (Å²) in [5.74, 6) is -0.243. The van der Waals surface area contributed by atoms with Crippen LogP contribution in [0.4, 0.5) is 10.5 Å². The fourth-order valence-corrected chi connectivity index (χ4v) is 1.35. The Labute approximate surface area is 106 Å². The highest BCUT2D eigenvalue weighted by Crippen LogP contribution is 2.09. The Balaban J connectivity index is 2.49. The second-order valence-corrected chi connectivity index (χ2v) is 3.55. The topological polar surface area (TPSA) is 73.5 Å². The molecule has 98 valence electrons. The summed E-state index contributed by atoms with van der Waals surface area (Å²) in [5, 5.41) is 6.58. The van der Waals surface area contributed by atoms with Gasteiger partial charge in [0.15, 0.2) is 0 Å². The minimum atomic E-state index is -0.413. The SMILES string of the molecule is CCN(NC(=O)NCC(=O)NC)c1ccccc1. The van der Waals surface area contributed by atoms with Crippen LogP contribution in [0.1, 0.15) is 6.92 Å². The summed E-state index contributed by atoms with van der Waals surface area (Å²) in [6, 6.07) is 9.06. The lowest BCUT2D eigenvalue weighted by Gasteiger charge is -2.23. The number of carbonyl (C=O) groups is 2. The van der Waals surface area contributed by atoms with Gasteiger partial charge in [-0.25, -0.2) is 10.2 Å². The monoisotopic (exact) mass is 250 g/mol.